The zero-order valence-electron chi connectivity index (χ0n) is 10.6. The van der Waals surface area contributed by atoms with Crippen LogP contribution < -0.4 is 5.73 Å². The molecule has 0 atom stereocenters. The molecule has 0 unspecified atom stereocenters. The zero-order chi connectivity index (χ0) is 13.4. The van der Waals surface area contributed by atoms with Gasteiger partial charge in [-0.2, -0.15) is 0 Å². The molecule has 0 aliphatic heterocycles. The maximum atomic E-state index is 6.09. The van der Waals surface area contributed by atoms with Crippen molar-refractivity contribution in [1.29, 1.82) is 0 Å². The third-order valence-electron chi connectivity index (χ3n) is 3.23. The molecule has 2 N–H and O–H groups in total. The summed E-state index contributed by atoms with van der Waals surface area (Å²) in [6.07, 6.45) is 0. The number of nitrogen functional groups attached to an aromatic ring is 1. The maximum absolute atomic E-state index is 6.09. The number of imidazole rings is 1. The lowest BCUT2D eigenvalue weighted by atomic mass is 10.1. The highest BCUT2D eigenvalue weighted by Crippen LogP contribution is 2.31. The third-order valence-corrected chi connectivity index (χ3v) is 3.72. The number of hydrogen-bond donors (Lipinski definition) is 1. The quantitative estimate of drug-likeness (QED) is 0.724. The maximum Gasteiger partial charge on any atom is 0.143 e. The minimum atomic E-state index is 0.744. The zero-order valence-corrected chi connectivity index (χ0v) is 12.2. The molecule has 96 valence electrons. The van der Waals surface area contributed by atoms with Crippen LogP contribution in [-0.4, -0.2) is 9.55 Å². The van der Waals surface area contributed by atoms with Gasteiger partial charge in [0.1, 0.15) is 5.82 Å². The van der Waals surface area contributed by atoms with Crippen LogP contribution in [0.15, 0.2) is 46.9 Å². The van der Waals surface area contributed by atoms with Crippen molar-refractivity contribution >= 4 is 32.7 Å². The predicted molar refractivity (Wildman–Crippen MR) is 83.0 cm³/mol. The molecule has 0 aliphatic rings. The van der Waals surface area contributed by atoms with Gasteiger partial charge in [0, 0.05) is 22.3 Å². The van der Waals surface area contributed by atoms with Crippen molar-refractivity contribution in [3.63, 3.8) is 0 Å². The normalized spacial score (nSPS) is 11.1. The van der Waals surface area contributed by atoms with Gasteiger partial charge in [-0.1, -0.05) is 28.1 Å². The fourth-order valence-electron chi connectivity index (χ4n) is 2.32. The van der Waals surface area contributed by atoms with Crippen molar-refractivity contribution in [2.75, 3.05) is 5.73 Å². The van der Waals surface area contributed by atoms with Crippen LogP contribution in [0.5, 0.6) is 0 Å². The lowest BCUT2D eigenvalue weighted by Crippen LogP contribution is -2.00. The van der Waals surface area contributed by atoms with Crippen LogP contribution in [-0.2, 0) is 6.54 Å². The summed E-state index contributed by atoms with van der Waals surface area (Å²) >= 11 is 3.49. The van der Waals surface area contributed by atoms with E-state index >= 15 is 0 Å². The van der Waals surface area contributed by atoms with Gasteiger partial charge >= 0.3 is 0 Å². The van der Waals surface area contributed by atoms with Crippen molar-refractivity contribution in [2.45, 2.75) is 13.5 Å². The first-order valence-corrected chi connectivity index (χ1v) is 7.00. The summed E-state index contributed by atoms with van der Waals surface area (Å²) in [6, 6.07) is 14.0. The Labute approximate surface area is 120 Å². The molecule has 0 amide bonds. The highest BCUT2D eigenvalue weighted by molar-refractivity contribution is 9.10. The fraction of sp³-hybridized carbons (Fsp3) is 0.133. The number of aryl methyl sites for hydroxylation is 1. The van der Waals surface area contributed by atoms with E-state index in [9.17, 15) is 0 Å². The molecular weight excluding hydrogens is 302 g/mol. The summed E-state index contributed by atoms with van der Waals surface area (Å²) in [7, 11) is 0. The molecule has 2 aromatic carbocycles. The van der Waals surface area contributed by atoms with Crippen LogP contribution in [0.1, 0.15) is 6.92 Å². The van der Waals surface area contributed by atoms with Crippen LogP contribution >= 0.6 is 15.9 Å². The van der Waals surface area contributed by atoms with Crippen molar-refractivity contribution < 1.29 is 0 Å². The molecule has 4 heteroatoms. The summed E-state index contributed by atoms with van der Waals surface area (Å²) in [5, 5.41) is 0. The van der Waals surface area contributed by atoms with Crippen molar-refractivity contribution in [3.05, 3.63) is 46.9 Å². The van der Waals surface area contributed by atoms with Gasteiger partial charge in [0.25, 0.3) is 0 Å². The molecule has 19 heavy (non-hydrogen) atoms. The van der Waals surface area contributed by atoms with Gasteiger partial charge in [0.2, 0.25) is 0 Å². The Hall–Kier alpha value is -1.81. The summed E-state index contributed by atoms with van der Waals surface area (Å²) in [5.41, 5.74) is 9.94. The lowest BCUT2D eigenvalue weighted by molar-refractivity contribution is 0.796. The molecule has 1 aromatic heterocycles. The first-order chi connectivity index (χ1) is 9.20. The third kappa shape index (κ3) is 2.02. The molecule has 0 spiro atoms. The summed E-state index contributed by atoms with van der Waals surface area (Å²) < 4.78 is 3.19. The minimum absolute atomic E-state index is 0.744. The molecule has 0 radical (unpaired) electrons. The van der Waals surface area contributed by atoms with E-state index in [1.165, 1.54) is 0 Å². The average molecular weight is 316 g/mol. The summed E-state index contributed by atoms with van der Waals surface area (Å²) in [6.45, 7) is 2.98. The molecule has 3 nitrogen and oxygen atoms in total. The van der Waals surface area contributed by atoms with E-state index in [1.807, 2.05) is 36.4 Å². The Morgan fingerprint density at radius 2 is 2.00 bits per heavy atom. The molecule has 0 aliphatic carbocycles. The Morgan fingerprint density at radius 3 is 2.79 bits per heavy atom. The number of nitrogens with two attached hydrogens (primary N) is 1. The Bertz CT molecular complexity index is 746. The number of nitrogens with zero attached hydrogens (tertiary/aromatic N) is 2. The van der Waals surface area contributed by atoms with E-state index in [0.29, 0.717) is 0 Å². The number of para-hydroxylation sites is 2. The molecular formula is C15H14BrN3. The van der Waals surface area contributed by atoms with Gasteiger partial charge in [-0.05, 0) is 37.3 Å². The lowest BCUT2D eigenvalue weighted by Gasteiger charge is -2.09. The molecule has 3 rings (SSSR count). The summed E-state index contributed by atoms with van der Waals surface area (Å²) in [4.78, 5) is 4.72. The Morgan fingerprint density at radius 1 is 1.21 bits per heavy atom. The first kappa shape index (κ1) is 12.2. The number of hydrogen-bond acceptors (Lipinski definition) is 2. The average Bonchev–Trinajstić information content (AvgIpc) is 2.79. The number of rotatable bonds is 2. The van der Waals surface area contributed by atoms with Gasteiger partial charge < -0.3 is 10.3 Å². The SMILES string of the molecule is CCn1c(-c2cc(Br)ccc2N)nc2ccccc21. The van der Waals surface area contributed by atoms with Crippen LogP contribution in [0, 0.1) is 0 Å². The second-order valence-electron chi connectivity index (χ2n) is 4.40. The van der Waals surface area contributed by atoms with Crippen LogP contribution in [0.2, 0.25) is 0 Å². The monoisotopic (exact) mass is 315 g/mol. The standard InChI is InChI=1S/C15H14BrN3/c1-2-19-14-6-4-3-5-13(14)18-15(19)11-9-10(16)7-8-12(11)17/h3-9H,2,17H2,1H3. The topological polar surface area (TPSA) is 43.8 Å². The molecule has 0 saturated heterocycles. The number of aromatic nitrogens is 2. The second-order valence-corrected chi connectivity index (χ2v) is 5.32. The van der Waals surface area contributed by atoms with E-state index in [4.69, 9.17) is 10.7 Å². The van der Waals surface area contributed by atoms with Gasteiger partial charge in [-0.15, -0.1) is 0 Å². The number of benzene rings is 2. The van der Waals surface area contributed by atoms with E-state index < -0.39 is 0 Å². The summed E-state index contributed by atoms with van der Waals surface area (Å²) in [5.74, 6) is 0.919. The van der Waals surface area contributed by atoms with Gasteiger partial charge in [-0.25, -0.2) is 4.98 Å². The largest absolute Gasteiger partial charge is 0.398 e. The highest BCUT2D eigenvalue weighted by atomic mass is 79.9. The van der Waals surface area contributed by atoms with Gasteiger partial charge in [0.15, 0.2) is 0 Å². The van der Waals surface area contributed by atoms with Crippen molar-refractivity contribution in [2.24, 2.45) is 0 Å². The van der Waals surface area contributed by atoms with Gasteiger partial charge in [0.05, 0.1) is 11.0 Å². The number of anilines is 1. The Kier molecular flexibility index (Phi) is 3.03. The second kappa shape index (κ2) is 4.70. The van der Waals surface area contributed by atoms with E-state index in [2.05, 4.69) is 33.5 Å². The van der Waals surface area contributed by atoms with Crippen LogP contribution in [0.25, 0.3) is 22.4 Å². The highest BCUT2D eigenvalue weighted by Gasteiger charge is 2.13. The minimum Gasteiger partial charge on any atom is -0.398 e. The molecule has 1 heterocycles. The van der Waals surface area contributed by atoms with E-state index in [-0.39, 0.29) is 0 Å². The molecule has 0 bridgehead atoms. The van der Waals surface area contributed by atoms with Crippen molar-refractivity contribution in [1.82, 2.24) is 9.55 Å². The van der Waals surface area contributed by atoms with Crippen LogP contribution in [0.3, 0.4) is 0 Å². The van der Waals surface area contributed by atoms with E-state index in [0.717, 1.165) is 39.1 Å². The van der Waals surface area contributed by atoms with Gasteiger partial charge in [-0.3, -0.25) is 0 Å². The molecule has 0 saturated carbocycles. The number of fused-ring (bicyclic) bond motifs is 1. The Balaban J connectivity index is 2.33. The molecule has 0 fully saturated rings. The van der Waals surface area contributed by atoms with Crippen molar-refractivity contribution in [3.8, 4) is 11.4 Å². The fourth-order valence-corrected chi connectivity index (χ4v) is 2.68. The molecule has 3 aromatic rings. The first-order valence-electron chi connectivity index (χ1n) is 6.21. The number of halogens is 1. The van der Waals surface area contributed by atoms with E-state index in [1.54, 1.807) is 0 Å². The smallest absolute Gasteiger partial charge is 0.143 e. The predicted octanol–water partition coefficient (Wildman–Crippen LogP) is 4.07. The van der Waals surface area contributed by atoms with Crippen LogP contribution in [0.4, 0.5) is 5.69 Å².